The van der Waals surface area contributed by atoms with Gasteiger partial charge in [-0.15, -0.1) is 0 Å². The van der Waals surface area contributed by atoms with Crippen molar-refractivity contribution in [3.8, 4) is 0 Å². The Morgan fingerprint density at radius 1 is 1.40 bits per heavy atom. The van der Waals surface area contributed by atoms with Crippen LogP contribution in [-0.4, -0.2) is 61.5 Å². The zero-order chi connectivity index (χ0) is 24.7. The number of hydrogen-bond donors (Lipinski definition) is 3. The van der Waals surface area contributed by atoms with E-state index in [1.165, 1.54) is 15.7 Å². The zero-order valence-corrected chi connectivity index (χ0v) is 20.5. The van der Waals surface area contributed by atoms with E-state index in [0.29, 0.717) is 5.57 Å². The first-order valence-corrected chi connectivity index (χ1v) is 12.9. The molecule has 1 saturated heterocycles. The largest absolute Gasteiger partial charge is 0.493 e. The van der Waals surface area contributed by atoms with E-state index in [4.69, 9.17) is 4.74 Å². The molecule has 35 heavy (non-hydrogen) atoms. The molecule has 3 aliphatic rings. The number of nitrogens with zero attached hydrogens (tertiary/aromatic N) is 2. The molecule has 0 radical (unpaired) electrons. The second kappa shape index (κ2) is 9.54. The van der Waals surface area contributed by atoms with Gasteiger partial charge >= 0.3 is 5.97 Å². The van der Waals surface area contributed by atoms with Gasteiger partial charge in [0.15, 0.2) is 5.16 Å². The molecule has 3 N–H and O–H groups in total. The average Bonchev–Trinajstić information content (AvgIpc) is 3.42. The van der Waals surface area contributed by atoms with E-state index < -0.39 is 18.0 Å². The maximum Gasteiger partial charge on any atom is 0.352 e. The minimum atomic E-state index is -1.13. The Morgan fingerprint density at radius 3 is 2.94 bits per heavy atom. The number of carbonyl (C=O) groups is 2. The van der Waals surface area contributed by atoms with Gasteiger partial charge in [-0.3, -0.25) is 4.79 Å². The Bertz CT molecular complexity index is 1300. The lowest BCUT2D eigenvalue weighted by Gasteiger charge is -2.46. The molecule has 1 aromatic heterocycles. The molecule has 1 fully saturated rings. The highest BCUT2D eigenvalue weighted by atomic mass is 32.2. The van der Waals surface area contributed by atoms with Crippen molar-refractivity contribution in [2.24, 2.45) is 11.8 Å². The number of aliphatic hydroxyl groups excluding tert-OH is 1. The summed E-state index contributed by atoms with van der Waals surface area (Å²) in [6.07, 6.45) is 7.47. The Hall–Kier alpha value is -3.04. The summed E-state index contributed by atoms with van der Waals surface area (Å²) in [5, 5.41) is 23.0. The number of fused-ring (bicyclic) bond motifs is 2. The summed E-state index contributed by atoms with van der Waals surface area (Å²) in [4.78, 5) is 33.3. The van der Waals surface area contributed by atoms with Gasteiger partial charge in [-0.1, -0.05) is 43.0 Å². The maximum absolute atomic E-state index is 12.6. The molecule has 1 amide bonds. The van der Waals surface area contributed by atoms with Gasteiger partial charge in [0.1, 0.15) is 18.1 Å². The van der Waals surface area contributed by atoms with Crippen molar-refractivity contribution in [3.63, 3.8) is 0 Å². The van der Waals surface area contributed by atoms with E-state index in [0.717, 1.165) is 41.1 Å². The first-order chi connectivity index (χ1) is 16.9. The van der Waals surface area contributed by atoms with E-state index in [2.05, 4.69) is 22.1 Å². The van der Waals surface area contributed by atoms with E-state index in [9.17, 15) is 19.8 Å². The van der Waals surface area contributed by atoms with E-state index in [-0.39, 0.29) is 30.2 Å². The lowest BCUT2D eigenvalue weighted by atomic mass is 9.78. The number of carboxylic acids is 1. The van der Waals surface area contributed by atoms with Crippen LogP contribution in [0.2, 0.25) is 0 Å². The molecule has 1 aliphatic carbocycles. The smallest absolute Gasteiger partial charge is 0.352 e. The summed E-state index contributed by atoms with van der Waals surface area (Å²) in [5.74, 6) is -0.480. The number of β-lactam (4-membered cyclic amide) rings is 1. The molecule has 0 unspecified atom stereocenters. The molecule has 2 aliphatic heterocycles. The van der Waals surface area contributed by atoms with Gasteiger partial charge < -0.3 is 24.8 Å². The summed E-state index contributed by atoms with van der Waals surface area (Å²) in [6, 6.07) is 5.89. The number of aliphatic carboxylic acids is 1. The maximum atomic E-state index is 12.6. The van der Waals surface area contributed by atoms with Crippen molar-refractivity contribution in [1.29, 1.82) is 0 Å². The number of amides is 1. The second-order valence-electron chi connectivity index (χ2n) is 9.26. The Labute approximate surface area is 207 Å². The standard InChI is InChI=1S/C26H29N3O5S/c1-14-19(23(25(32)33)29-22(14)21(15(2)30)24(29)31)13-34-20-8-4-6-17-16(5-3-7-18(17)20)9-12-35-26-27-10-11-28-26/h3,5-7,10-11,14-15,21-22,30H,4,8-9,12-13H2,1-2H3,(H,27,28)(H,32,33)/t14-,15+,21+,22+/m0/s1. The number of imidazole rings is 1. The molecule has 4 atom stereocenters. The van der Waals surface area contributed by atoms with Gasteiger partial charge in [-0.2, -0.15) is 0 Å². The van der Waals surface area contributed by atoms with Crippen LogP contribution in [0.15, 0.2) is 47.0 Å². The molecule has 1 aromatic carbocycles. The summed E-state index contributed by atoms with van der Waals surface area (Å²) in [6.45, 7) is 3.61. The monoisotopic (exact) mass is 495 g/mol. The number of nitrogens with one attached hydrogen (secondary N) is 1. The van der Waals surface area contributed by atoms with Crippen molar-refractivity contribution in [2.45, 2.75) is 50.4 Å². The minimum Gasteiger partial charge on any atom is -0.493 e. The van der Waals surface area contributed by atoms with Gasteiger partial charge in [0.05, 0.1) is 18.1 Å². The third-order valence-electron chi connectivity index (χ3n) is 7.22. The highest BCUT2D eigenvalue weighted by Gasteiger charge is 2.59. The molecule has 8 nitrogen and oxygen atoms in total. The van der Waals surface area contributed by atoms with Crippen LogP contribution in [0.5, 0.6) is 0 Å². The normalized spacial score (nSPS) is 24.0. The quantitative estimate of drug-likeness (QED) is 0.358. The van der Waals surface area contributed by atoms with Gasteiger partial charge in [-0.25, -0.2) is 9.78 Å². The van der Waals surface area contributed by atoms with E-state index >= 15 is 0 Å². The molecule has 9 heteroatoms. The zero-order valence-electron chi connectivity index (χ0n) is 19.7. The molecule has 184 valence electrons. The van der Waals surface area contributed by atoms with Crippen molar-refractivity contribution < 1.29 is 24.5 Å². The molecular formula is C26H29N3O5S. The number of aromatic amines is 1. The Morgan fingerprint density at radius 2 is 2.23 bits per heavy atom. The fourth-order valence-corrected chi connectivity index (χ4v) is 6.34. The fourth-order valence-electron chi connectivity index (χ4n) is 5.53. The van der Waals surface area contributed by atoms with Crippen LogP contribution in [0.25, 0.3) is 11.8 Å². The Kier molecular flexibility index (Phi) is 6.46. The van der Waals surface area contributed by atoms with Gasteiger partial charge in [0, 0.05) is 41.3 Å². The van der Waals surface area contributed by atoms with Crippen LogP contribution in [-0.2, 0) is 20.7 Å². The highest BCUT2D eigenvalue weighted by molar-refractivity contribution is 7.99. The number of aromatic nitrogens is 2. The van der Waals surface area contributed by atoms with Crippen LogP contribution < -0.4 is 10.4 Å². The number of thioether (sulfide) groups is 1. The third-order valence-corrected chi connectivity index (χ3v) is 8.12. The van der Waals surface area contributed by atoms with Crippen molar-refractivity contribution in [2.75, 3.05) is 12.4 Å². The van der Waals surface area contributed by atoms with Gasteiger partial charge in [0.2, 0.25) is 5.91 Å². The predicted molar refractivity (Wildman–Crippen MR) is 131 cm³/mol. The number of H-pyrrole nitrogens is 1. The number of hydrogen-bond acceptors (Lipinski definition) is 6. The minimum absolute atomic E-state index is 0.0105. The number of carbonyl (C=O) groups excluding carboxylic acids is 1. The number of rotatable bonds is 9. The summed E-state index contributed by atoms with van der Waals surface area (Å²) in [5.41, 5.74) is 1.86. The number of aliphatic hydroxyl groups is 1. The number of ether oxygens (including phenoxy) is 1. The van der Waals surface area contributed by atoms with Crippen molar-refractivity contribution >= 4 is 35.5 Å². The third kappa shape index (κ3) is 4.16. The van der Waals surface area contributed by atoms with Crippen LogP contribution in [0, 0.1) is 11.8 Å². The van der Waals surface area contributed by atoms with Crippen molar-refractivity contribution in [1.82, 2.24) is 14.9 Å². The topological polar surface area (TPSA) is 116 Å². The lowest BCUT2D eigenvalue weighted by Crippen LogP contribution is -2.63. The molecule has 5 rings (SSSR count). The van der Waals surface area contributed by atoms with E-state index in [1.54, 1.807) is 24.9 Å². The summed E-state index contributed by atoms with van der Waals surface area (Å²) < 4.78 is 6.27. The first kappa shape index (κ1) is 23.7. The SMILES string of the molecule is C[C@@H](O)[C@H]1C(=O)N2C(C(=O)O)=C(COC3=c4cccc(CCSc5ncc[nH]5)c4=CCC3)[C@H](C)[C@H]12. The highest BCUT2D eigenvalue weighted by Crippen LogP contribution is 2.47. The lowest BCUT2D eigenvalue weighted by molar-refractivity contribution is -0.163. The fraction of sp³-hybridized carbons (Fsp3) is 0.423. The molecule has 2 aromatic rings. The summed E-state index contributed by atoms with van der Waals surface area (Å²) >= 11 is 1.68. The summed E-state index contributed by atoms with van der Waals surface area (Å²) in [7, 11) is 0. The van der Waals surface area contributed by atoms with Crippen LogP contribution >= 0.6 is 11.8 Å². The number of carboxylic acid groups (broad SMARTS) is 1. The molecule has 3 heterocycles. The average molecular weight is 496 g/mol. The van der Waals surface area contributed by atoms with E-state index in [1.807, 2.05) is 25.3 Å². The Balaban J connectivity index is 1.37. The predicted octanol–water partition coefficient (Wildman–Crippen LogP) is 1.64. The van der Waals surface area contributed by atoms with Gasteiger partial charge in [0.25, 0.3) is 0 Å². The second-order valence-corrected chi connectivity index (χ2v) is 10.3. The molecular weight excluding hydrogens is 466 g/mol. The van der Waals surface area contributed by atoms with Crippen LogP contribution in [0.4, 0.5) is 0 Å². The van der Waals surface area contributed by atoms with Crippen molar-refractivity contribution in [3.05, 3.63) is 57.9 Å². The van der Waals surface area contributed by atoms with Crippen LogP contribution in [0.3, 0.4) is 0 Å². The molecule has 0 bridgehead atoms. The molecule has 0 saturated carbocycles. The van der Waals surface area contributed by atoms with Crippen LogP contribution in [0.1, 0.15) is 32.3 Å². The number of aryl methyl sites for hydroxylation is 1. The van der Waals surface area contributed by atoms with Gasteiger partial charge in [-0.05, 0) is 30.5 Å². The molecule has 0 spiro atoms. The number of benzene rings is 1. The first-order valence-electron chi connectivity index (χ1n) is 11.9.